The molecule has 0 amide bonds. The Labute approximate surface area is 113 Å². The molecule has 0 N–H and O–H groups in total. The molecule has 0 saturated heterocycles. The van der Waals surface area contributed by atoms with Gasteiger partial charge in [-0.1, -0.05) is 36.4 Å². The van der Waals surface area contributed by atoms with Crippen LogP contribution in [-0.4, -0.2) is 0 Å². The Bertz CT molecular complexity index is 741. The predicted molar refractivity (Wildman–Crippen MR) is 80.5 cm³/mol. The molecule has 1 nitrogen and oxygen atoms in total. The summed E-state index contributed by atoms with van der Waals surface area (Å²) < 4.78 is 2.11. The van der Waals surface area contributed by atoms with E-state index in [1.165, 1.54) is 22.0 Å². The zero-order chi connectivity index (χ0) is 13.1. The van der Waals surface area contributed by atoms with Crippen LogP contribution in [-0.2, 0) is 7.05 Å². The van der Waals surface area contributed by atoms with Gasteiger partial charge in [-0.05, 0) is 34.5 Å². The van der Waals surface area contributed by atoms with Gasteiger partial charge in [-0.3, -0.25) is 0 Å². The summed E-state index contributed by atoms with van der Waals surface area (Å²) in [5.74, 6) is 0. The largest absolute Gasteiger partial charge is 0.204 e. The smallest absolute Gasteiger partial charge is 0.202 e. The molecule has 19 heavy (non-hydrogen) atoms. The molecule has 0 bridgehead atoms. The third-order valence-electron chi connectivity index (χ3n) is 3.32. The molecule has 1 heteroatoms. The van der Waals surface area contributed by atoms with Gasteiger partial charge in [-0.2, -0.15) is 0 Å². The number of hydrogen-bond acceptors (Lipinski definition) is 0. The topological polar surface area (TPSA) is 3.88 Å². The molecule has 0 unspecified atom stereocenters. The Hall–Kier alpha value is -2.41. The maximum absolute atomic E-state index is 2.22. The molecule has 0 radical (unpaired) electrons. The second-order valence-electron chi connectivity index (χ2n) is 4.68. The maximum atomic E-state index is 2.22. The molecule has 0 saturated carbocycles. The molecule has 1 aromatic heterocycles. The Morgan fingerprint density at radius 2 is 1.58 bits per heavy atom. The number of nitrogens with zero attached hydrogens (tertiary/aromatic N) is 1. The Morgan fingerprint density at radius 3 is 2.42 bits per heavy atom. The summed E-state index contributed by atoms with van der Waals surface area (Å²) in [6.07, 6.45) is 6.35. The van der Waals surface area contributed by atoms with Gasteiger partial charge in [0.25, 0.3) is 0 Å². The van der Waals surface area contributed by atoms with E-state index in [-0.39, 0.29) is 0 Å². The minimum Gasteiger partial charge on any atom is -0.202 e. The molecule has 0 spiro atoms. The van der Waals surface area contributed by atoms with Gasteiger partial charge in [0, 0.05) is 18.2 Å². The lowest BCUT2D eigenvalue weighted by molar-refractivity contribution is -0.673. The standard InChI is InChI=1S/C18H16N/c1-19-13-5-4-8-18(19)12-10-15-9-11-16-6-2-3-7-17(16)14-15/h2-14H,1H3/q+1/b12-10+. The summed E-state index contributed by atoms with van der Waals surface area (Å²) in [4.78, 5) is 0. The molecule has 2 aromatic carbocycles. The first-order chi connectivity index (χ1) is 9.33. The summed E-state index contributed by atoms with van der Waals surface area (Å²) >= 11 is 0. The van der Waals surface area contributed by atoms with Crippen molar-refractivity contribution in [1.29, 1.82) is 0 Å². The lowest BCUT2D eigenvalue weighted by Crippen LogP contribution is -2.30. The highest BCUT2D eigenvalue weighted by atomic mass is 14.9. The van der Waals surface area contributed by atoms with E-state index < -0.39 is 0 Å². The van der Waals surface area contributed by atoms with Crippen molar-refractivity contribution < 1.29 is 4.57 Å². The van der Waals surface area contributed by atoms with E-state index in [2.05, 4.69) is 84.6 Å². The monoisotopic (exact) mass is 246 g/mol. The van der Waals surface area contributed by atoms with Crippen LogP contribution >= 0.6 is 0 Å². The van der Waals surface area contributed by atoms with Gasteiger partial charge in [0.05, 0.1) is 0 Å². The summed E-state index contributed by atoms with van der Waals surface area (Å²) in [7, 11) is 2.06. The number of aromatic nitrogens is 1. The highest BCUT2D eigenvalue weighted by Gasteiger charge is 1.99. The van der Waals surface area contributed by atoms with E-state index >= 15 is 0 Å². The Morgan fingerprint density at radius 1 is 0.789 bits per heavy atom. The number of pyridine rings is 1. The highest BCUT2D eigenvalue weighted by molar-refractivity contribution is 5.85. The third kappa shape index (κ3) is 2.55. The van der Waals surface area contributed by atoms with Gasteiger partial charge in [0.15, 0.2) is 6.20 Å². The van der Waals surface area contributed by atoms with Crippen LogP contribution in [0.1, 0.15) is 11.3 Å². The first-order valence-corrected chi connectivity index (χ1v) is 6.44. The molecule has 0 aliphatic rings. The molecule has 1 heterocycles. The first kappa shape index (κ1) is 11.7. The fraction of sp³-hybridized carbons (Fsp3) is 0.0556. The summed E-state index contributed by atoms with van der Waals surface area (Å²) in [5.41, 5.74) is 2.42. The van der Waals surface area contributed by atoms with Gasteiger partial charge in [-0.25, -0.2) is 4.57 Å². The Kier molecular flexibility index (Phi) is 3.11. The predicted octanol–water partition coefficient (Wildman–Crippen LogP) is 3.83. The molecule has 0 aliphatic heterocycles. The molecular formula is C18H16N+. The van der Waals surface area contributed by atoms with Crippen molar-refractivity contribution in [1.82, 2.24) is 0 Å². The van der Waals surface area contributed by atoms with E-state index in [1.54, 1.807) is 0 Å². The van der Waals surface area contributed by atoms with E-state index in [4.69, 9.17) is 0 Å². The highest BCUT2D eigenvalue weighted by Crippen LogP contribution is 2.16. The number of hydrogen-bond donors (Lipinski definition) is 0. The minimum atomic E-state index is 1.19. The average molecular weight is 246 g/mol. The number of fused-ring (bicyclic) bond motifs is 1. The molecular weight excluding hydrogens is 230 g/mol. The fourth-order valence-electron chi connectivity index (χ4n) is 2.20. The average Bonchev–Trinajstić information content (AvgIpc) is 2.46. The second kappa shape index (κ2) is 5.07. The van der Waals surface area contributed by atoms with E-state index in [0.717, 1.165) is 0 Å². The van der Waals surface area contributed by atoms with Crippen molar-refractivity contribution in [3.8, 4) is 0 Å². The van der Waals surface area contributed by atoms with Crippen molar-refractivity contribution >= 4 is 22.9 Å². The van der Waals surface area contributed by atoms with Gasteiger partial charge in [-0.15, -0.1) is 0 Å². The van der Waals surface area contributed by atoms with Crippen molar-refractivity contribution in [2.24, 2.45) is 7.05 Å². The molecule has 3 aromatic rings. The van der Waals surface area contributed by atoms with Gasteiger partial charge >= 0.3 is 0 Å². The molecule has 0 atom stereocenters. The normalized spacial score (nSPS) is 11.2. The molecule has 0 aliphatic carbocycles. The Balaban J connectivity index is 1.95. The van der Waals surface area contributed by atoms with Crippen molar-refractivity contribution in [2.75, 3.05) is 0 Å². The van der Waals surface area contributed by atoms with E-state index in [0.29, 0.717) is 0 Å². The van der Waals surface area contributed by atoms with Gasteiger partial charge in [0.2, 0.25) is 5.69 Å². The second-order valence-corrected chi connectivity index (χ2v) is 4.68. The zero-order valence-corrected chi connectivity index (χ0v) is 11.0. The summed E-state index contributed by atoms with van der Waals surface area (Å²) in [6, 6.07) is 21.2. The summed E-state index contributed by atoms with van der Waals surface area (Å²) in [5, 5.41) is 2.56. The molecule has 0 fully saturated rings. The van der Waals surface area contributed by atoms with Crippen LogP contribution in [0.15, 0.2) is 66.9 Å². The SMILES string of the molecule is C[n+]1ccccc1/C=C/c1ccc2ccccc2c1. The van der Waals surface area contributed by atoms with E-state index in [9.17, 15) is 0 Å². The van der Waals surface area contributed by atoms with Gasteiger partial charge in [0.1, 0.15) is 7.05 Å². The third-order valence-corrected chi connectivity index (χ3v) is 3.32. The number of aryl methyl sites for hydroxylation is 1. The summed E-state index contributed by atoms with van der Waals surface area (Å²) in [6.45, 7) is 0. The van der Waals surface area contributed by atoms with Crippen LogP contribution in [0.2, 0.25) is 0 Å². The minimum absolute atomic E-state index is 1.19. The van der Waals surface area contributed by atoms with Gasteiger partial charge < -0.3 is 0 Å². The van der Waals surface area contributed by atoms with Crippen LogP contribution in [0.25, 0.3) is 22.9 Å². The zero-order valence-electron chi connectivity index (χ0n) is 11.0. The van der Waals surface area contributed by atoms with Crippen molar-refractivity contribution in [3.63, 3.8) is 0 Å². The van der Waals surface area contributed by atoms with E-state index in [1.807, 2.05) is 6.07 Å². The lowest BCUT2D eigenvalue weighted by atomic mass is 10.1. The van der Waals surface area contributed by atoms with Crippen LogP contribution in [0.5, 0.6) is 0 Å². The lowest BCUT2D eigenvalue weighted by Gasteiger charge is -1.99. The number of benzene rings is 2. The van der Waals surface area contributed by atoms with Crippen LogP contribution in [0.3, 0.4) is 0 Å². The number of rotatable bonds is 2. The maximum Gasteiger partial charge on any atom is 0.204 e. The van der Waals surface area contributed by atoms with Crippen molar-refractivity contribution in [3.05, 3.63) is 78.1 Å². The molecule has 3 rings (SSSR count). The van der Waals surface area contributed by atoms with Crippen LogP contribution < -0.4 is 4.57 Å². The quantitative estimate of drug-likeness (QED) is 0.605. The van der Waals surface area contributed by atoms with Crippen LogP contribution in [0, 0.1) is 0 Å². The van der Waals surface area contributed by atoms with Crippen LogP contribution in [0.4, 0.5) is 0 Å². The fourth-order valence-corrected chi connectivity index (χ4v) is 2.20. The molecule has 92 valence electrons. The van der Waals surface area contributed by atoms with Crippen molar-refractivity contribution in [2.45, 2.75) is 0 Å². The first-order valence-electron chi connectivity index (χ1n) is 6.44.